The van der Waals surface area contributed by atoms with Crippen molar-refractivity contribution in [2.24, 2.45) is 5.92 Å². The predicted octanol–water partition coefficient (Wildman–Crippen LogP) is 3.96. The summed E-state index contributed by atoms with van der Waals surface area (Å²) < 4.78 is 36.6. The average molecular weight is 492 g/mol. The number of ether oxygens (including phenoxy) is 1. The summed E-state index contributed by atoms with van der Waals surface area (Å²) in [6.45, 7) is 2.55. The van der Waals surface area contributed by atoms with Gasteiger partial charge in [-0.3, -0.25) is 19.3 Å². The molecule has 0 saturated heterocycles. The van der Waals surface area contributed by atoms with Gasteiger partial charge in [0.1, 0.15) is 12.2 Å². The number of nitrogens with zero attached hydrogens (tertiary/aromatic N) is 3. The van der Waals surface area contributed by atoms with Crippen LogP contribution >= 0.6 is 0 Å². The number of halogens is 2. The van der Waals surface area contributed by atoms with Crippen molar-refractivity contribution in [1.82, 2.24) is 9.58 Å². The van der Waals surface area contributed by atoms with Gasteiger partial charge in [-0.2, -0.15) is 0 Å². The number of carbonyl (C=O) groups excluding carboxylic acids is 1. The fourth-order valence-corrected chi connectivity index (χ4v) is 6.31. The lowest BCUT2D eigenvalue weighted by molar-refractivity contribution is 0.0694. The molecule has 1 aromatic heterocycles. The molecule has 3 aliphatic rings. The summed E-state index contributed by atoms with van der Waals surface area (Å²) in [5.74, 6) is -2.07. The van der Waals surface area contributed by atoms with E-state index in [9.17, 15) is 18.4 Å². The van der Waals surface area contributed by atoms with Crippen LogP contribution in [0, 0.1) is 17.6 Å². The van der Waals surface area contributed by atoms with E-state index in [2.05, 4.69) is 6.07 Å². The molecule has 1 aliphatic heterocycles. The van der Waals surface area contributed by atoms with Gasteiger partial charge < -0.3 is 9.64 Å². The van der Waals surface area contributed by atoms with Gasteiger partial charge in [0.2, 0.25) is 5.43 Å². The lowest BCUT2D eigenvalue weighted by atomic mass is 9.81. The Bertz CT molecular complexity index is 1450. The van der Waals surface area contributed by atoms with E-state index in [1.165, 1.54) is 18.2 Å². The second kappa shape index (κ2) is 8.18. The van der Waals surface area contributed by atoms with Crippen molar-refractivity contribution in [1.29, 1.82) is 0 Å². The number of unbranched alkanes of at least 4 members (excludes halogenated alkanes) is 1. The molecule has 3 aromatic rings. The zero-order chi connectivity index (χ0) is 25.2. The van der Waals surface area contributed by atoms with Crippen LogP contribution in [0.2, 0.25) is 0 Å². The molecule has 0 fully saturated rings. The molecule has 2 unspecified atom stereocenters. The maximum Gasteiger partial charge on any atom is 0.277 e. The number of hydrogen-bond acceptors (Lipinski definition) is 4. The highest BCUT2D eigenvalue weighted by Crippen LogP contribution is 2.56. The molecule has 2 aliphatic carbocycles. The number of aromatic nitrogens is 1. The van der Waals surface area contributed by atoms with Gasteiger partial charge in [-0.25, -0.2) is 8.78 Å². The van der Waals surface area contributed by atoms with Crippen LogP contribution in [0.3, 0.4) is 0 Å². The molecular formula is C28H27F2N3O3. The number of benzene rings is 2. The quantitative estimate of drug-likeness (QED) is 0.507. The molecule has 6 nitrogen and oxygen atoms in total. The van der Waals surface area contributed by atoms with Crippen molar-refractivity contribution in [3.8, 4) is 5.75 Å². The van der Waals surface area contributed by atoms with Crippen molar-refractivity contribution in [2.45, 2.75) is 38.1 Å². The third-order valence-electron chi connectivity index (χ3n) is 7.85. The van der Waals surface area contributed by atoms with E-state index in [0.717, 1.165) is 36.0 Å². The fraction of sp³-hybridized carbons (Fsp3) is 0.357. The number of carbonyl (C=O) groups is 1. The first-order valence-electron chi connectivity index (χ1n) is 12.4. The molecular weight excluding hydrogens is 464 g/mol. The van der Waals surface area contributed by atoms with Gasteiger partial charge in [-0.15, -0.1) is 0 Å². The predicted molar refractivity (Wildman–Crippen MR) is 131 cm³/mol. The molecule has 0 bridgehead atoms. The van der Waals surface area contributed by atoms with Crippen LogP contribution in [0.4, 0.5) is 8.78 Å². The Morgan fingerprint density at radius 1 is 1.03 bits per heavy atom. The van der Waals surface area contributed by atoms with Crippen LogP contribution in [-0.4, -0.2) is 35.8 Å². The van der Waals surface area contributed by atoms with Crippen molar-refractivity contribution in [2.75, 3.05) is 25.3 Å². The monoisotopic (exact) mass is 491 g/mol. The highest BCUT2D eigenvalue weighted by molar-refractivity contribution is 5.96. The second-order valence-electron chi connectivity index (χ2n) is 9.90. The third kappa shape index (κ3) is 2.99. The number of hydrogen-bond donors (Lipinski definition) is 0. The summed E-state index contributed by atoms with van der Waals surface area (Å²) in [4.78, 5) is 27.8. The molecule has 0 N–H and O–H groups in total. The van der Waals surface area contributed by atoms with E-state index >= 15 is 0 Å². The van der Waals surface area contributed by atoms with E-state index in [4.69, 9.17) is 4.74 Å². The molecule has 0 spiro atoms. The summed E-state index contributed by atoms with van der Waals surface area (Å²) in [6, 6.07) is 12.1. The standard InChI is InChI=1S/C28H27F2N3O3/c1-3-4-11-36-26-24(34)9-10-32-25(26)27(35)31(2)16-33(32)28-19(12-17-7-5-6-8-20(17)28)13-18-14-22(29)23(30)15-21(18)28/h5-10,14-15,19H,3-4,11-13,16H2,1-2H3. The first kappa shape index (κ1) is 22.8. The Kier molecular flexibility index (Phi) is 5.17. The van der Waals surface area contributed by atoms with Gasteiger partial charge in [0.25, 0.3) is 5.91 Å². The van der Waals surface area contributed by atoms with Crippen LogP contribution in [0.1, 0.15) is 52.5 Å². The van der Waals surface area contributed by atoms with E-state index in [0.29, 0.717) is 18.6 Å². The highest BCUT2D eigenvalue weighted by atomic mass is 19.2. The number of amides is 1. The lowest BCUT2D eigenvalue weighted by Crippen LogP contribution is -2.62. The van der Waals surface area contributed by atoms with Crippen LogP contribution in [-0.2, 0) is 18.4 Å². The molecule has 0 radical (unpaired) electrons. The normalized spacial score (nSPS) is 21.8. The molecule has 2 atom stereocenters. The minimum absolute atomic E-state index is 0.00978. The molecule has 1 amide bonds. The topological polar surface area (TPSA) is 54.8 Å². The number of rotatable bonds is 5. The minimum Gasteiger partial charge on any atom is -0.487 e. The minimum atomic E-state index is -0.900. The average Bonchev–Trinajstić information content (AvgIpc) is 3.34. The summed E-state index contributed by atoms with van der Waals surface area (Å²) in [7, 11) is 1.68. The van der Waals surface area contributed by atoms with E-state index in [1.807, 2.05) is 30.1 Å². The van der Waals surface area contributed by atoms with Crippen LogP contribution in [0.5, 0.6) is 5.75 Å². The summed E-state index contributed by atoms with van der Waals surface area (Å²) in [5, 5.41) is 2.02. The smallest absolute Gasteiger partial charge is 0.277 e. The van der Waals surface area contributed by atoms with Gasteiger partial charge in [0.15, 0.2) is 23.1 Å². The zero-order valence-electron chi connectivity index (χ0n) is 20.3. The Hall–Kier alpha value is -3.68. The van der Waals surface area contributed by atoms with E-state index in [1.54, 1.807) is 22.8 Å². The summed E-state index contributed by atoms with van der Waals surface area (Å²) in [6.07, 6.45) is 4.54. The molecule has 6 rings (SSSR count). The van der Waals surface area contributed by atoms with Gasteiger partial charge in [0.05, 0.1) is 6.61 Å². The van der Waals surface area contributed by atoms with Gasteiger partial charge >= 0.3 is 0 Å². The van der Waals surface area contributed by atoms with Gasteiger partial charge in [0, 0.05) is 25.2 Å². The molecule has 0 saturated carbocycles. The Morgan fingerprint density at radius 2 is 1.78 bits per heavy atom. The first-order valence-corrected chi connectivity index (χ1v) is 12.4. The van der Waals surface area contributed by atoms with E-state index in [-0.39, 0.29) is 35.4 Å². The largest absolute Gasteiger partial charge is 0.487 e. The Balaban J connectivity index is 1.63. The number of fused-ring (bicyclic) bond motifs is 6. The zero-order valence-corrected chi connectivity index (χ0v) is 20.3. The van der Waals surface area contributed by atoms with Crippen molar-refractivity contribution < 1.29 is 18.3 Å². The van der Waals surface area contributed by atoms with Crippen molar-refractivity contribution >= 4 is 5.91 Å². The van der Waals surface area contributed by atoms with Crippen molar-refractivity contribution in [3.05, 3.63) is 98.5 Å². The number of pyridine rings is 1. The first-order chi connectivity index (χ1) is 17.4. The second-order valence-corrected chi connectivity index (χ2v) is 9.90. The van der Waals surface area contributed by atoms with Crippen LogP contribution < -0.4 is 15.2 Å². The Labute approximate surface area is 207 Å². The molecule has 8 heteroatoms. The maximum atomic E-state index is 14.7. The SMILES string of the molecule is CCCCOc1c2n(ccc1=O)N(C13c4ccccc4CC1Cc1cc(F)c(F)cc13)CN(C)C2=O. The van der Waals surface area contributed by atoms with Gasteiger partial charge in [-0.05, 0) is 53.6 Å². The molecule has 2 aromatic carbocycles. The third-order valence-corrected chi connectivity index (χ3v) is 7.85. The maximum absolute atomic E-state index is 14.7. The van der Waals surface area contributed by atoms with Crippen molar-refractivity contribution in [3.63, 3.8) is 0 Å². The van der Waals surface area contributed by atoms with Crippen LogP contribution in [0.25, 0.3) is 0 Å². The highest BCUT2D eigenvalue weighted by Gasteiger charge is 2.58. The molecule has 2 heterocycles. The lowest BCUT2D eigenvalue weighted by Gasteiger charge is -2.50. The van der Waals surface area contributed by atoms with Crippen LogP contribution in [0.15, 0.2) is 53.5 Å². The summed E-state index contributed by atoms with van der Waals surface area (Å²) in [5.41, 5.74) is 2.54. The Morgan fingerprint density at radius 3 is 2.58 bits per heavy atom. The fourth-order valence-electron chi connectivity index (χ4n) is 6.31. The van der Waals surface area contributed by atoms with Gasteiger partial charge in [-0.1, -0.05) is 37.6 Å². The van der Waals surface area contributed by atoms with E-state index < -0.39 is 17.2 Å². The molecule has 186 valence electrons. The summed E-state index contributed by atoms with van der Waals surface area (Å²) >= 11 is 0. The molecule has 36 heavy (non-hydrogen) atoms.